The summed E-state index contributed by atoms with van der Waals surface area (Å²) in [5.74, 6) is 0.0421. The quantitative estimate of drug-likeness (QED) is 0.330. The summed E-state index contributed by atoms with van der Waals surface area (Å²) in [6.07, 6.45) is 9.55. The zero-order valence-corrected chi connectivity index (χ0v) is 19.2. The van der Waals surface area contributed by atoms with E-state index >= 15 is 0 Å². The van der Waals surface area contributed by atoms with Crippen molar-refractivity contribution in [1.82, 2.24) is 25.0 Å². The monoisotopic (exact) mass is 465 g/mol. The van der Waals surface area contributed by atoms with Gasteiger partial charge in [-0.25, -0.2) is 4.98 Å². The second kappa shape index (κ2) is 11.0. The van der Waals surface area contributed by atoms with Crippen LogP contribution in [0.1, 0.15) is 49.4 Å². The molecule has 180 valence electrons. The van der Waals surface area contributed by atoms with Crippen LogP contribution in [0.2, 0.25) is 0 Å². The van der Waals surface area contributed by atoms with Gasteiger partial charge in [0.05, 0.1) is 30.2 Å². The summed E-state index contributed by atoms with van der Waals surface area (Å²) in [7, 11) is 0. The second-order valence-corrected chi connectivity index (χ2v) is 8.34. The number of primary amides is 1. The standard InChI is InChI=1S/C23H31N9O2/c1-2-3-12-34-19-9-5-8-18(20(19)24)30-23-26-14-17(21(25)33)22(31-23)29-15-6-4-7-16(13-15)32-27-10-11-28-32/h4,6-7,10-11,13-14,18-20H,2-3,5,8-9,12,24H2,1H3,(H2,25,33)(H2,26,29,30,31)/t18-,19+,20-/m1/s1. The van der Waals surface area contributed by atoms with Crippen LogP contribution in [0, 0.1) is 0 Å². The number of unbranched alkanes of at least 4 members (excludes halogenated alkanes) is 1. The summed E-state index contributed by atoms with van der Waals surface area (Å²) >= 11 is 0. The summed E-state index contributed by atoms with van der Waals surface area (Å²) in [4.78, 5) is 22.4. The number of amides is 1. The zero-order chi connectivity index (χ0) is 23.9. The first-order valence-electron chi connectivity index (χ1n) is 11.6. The van der Waals surface area contributed by atoms with Crippen LogP contribution in [0.5, 0.6) is 0 Å². The molecule has 2 aromatic heterocycles. The Balaban J connectivity index is 1.51. The molecule has 34 heavy (non-hydrogen) atoms. The van der Waals surface area contributed by atoms with Crippen LogP contribution in [-0.4, -0.2) is 55.7 Å². The fraction of sp³-hybridized carbons (Fsp3) is 0.435. The Labute approximate surface area is 198 Å². The number of benzene rings is 1. The minimum atomic E-state index is -0.627. The Morgan fingerprint density at radius 3 is 2.85 bits per heavy atom. The number of anilines is 3. The number of hydrogen-bond acceptors (Lipinski definition) is 9. The van der Waals surface area contributed by atoms with Crippen molar-refractivity contribution in [3.05, 3.63) is 48.4 Å². The number of rotatable bonds is 10. The lowest BCUT2D eigenvalue weighted by Crippen LogP contribution is -2.52. The van der Waals surface area contributed by atoms with Crippen LogP contribution in [0.25, 0.3) is 5.69 Å². The zero-order valence-electron chi connectivity index (χ0n) is 19.2. The van der Waals surface area contributed by atoms with Crippen molar-refractivity contribution in [2.75, 3.05) is 17.2 Å². The molecule has 0 radical (unpaired) electrons. The first kappa shape index (κ1) is 23.6. The average molecular weight is 466 g/mol. The Morgan fingerprint density at radius 2 is 2.09 bits per heavy atom. The summed E-state index contributed by atoms with van der Waals surface area (Å²) in [5, 5.41) is 14.8. The van der Waals surface area contributed by atoms with Crippen LogP contribution < -0.4 is 22.1 Å². The van der Waals surface area contributed by atoms with Gasteiger partial charge in [-0.3, -0.25) is 4.79 Å². The molecule has 3 aromatic rings. The van der Waals surface area contributed by atoms with Gasteiger partial charge in [-0.15, -0.1) is 0 Å². The maximum absolute atomic E-state index is 12.0. The van der Waals surface area contributed by atoms with E-state index in [4.69, 9.17) is 16.2 Å². The van der Waals surface area contributed by atoms with E-state index in [1.54, 1.807) is 12.4 Å². The van der Waals surface area contributed by atoms with E-state index in [1.807, 2.05) is 24.3 Å². The highest BCUT2D eigenvalue weighted by molar-refractivity contribution is 5.98. The van der Waals surface area contributed by atoms with Gasteiger partial charge in [0.25, 0.3) is 5.91 Å². The fourth-order valence-corrected chi connectivity index (χ4v) is 4.01. The molecule has 0 spiro atoms. The Morgan fingerprint density at radius 1 is 1.26 bits per heavy atom. The molecule has 1 aliphatic carbocycles. The third kappa shape index (κ3) is 5.67. The van der Waals surface area contributed by atoms with Gasteiger partial charge >= 0.3 is 0 Å². The first-order valence-corrected chi connectivity index (χ1v) is 11.6. The molecular weight excluding hydrogens is 434 g/mol. The fourth-order valence-electron chi connectivity index (χ4n) is 4.01. The molecule has 1 aromatic carbocycles. The molecule has 11 nitrogen and oxygen atoms in total. The molecule has 2 heterocycles. The van der Waals surface area contributed by atoms with Crippen LogP contribution in [0.4, 0.5) is 17.5 Å². The molecular formula is C23H31N9O2. The Bertz CT molecular complexity index is 1090. The van der Waals surface area contributed by atoms with Gasteiger partial charge in [-0.05, 0) is 43.9 Å². The predicted octanol–water partition coefficient (Wildman–Crippen LogP) is 2.38. The highest BCUT2D eigenvalue weighted by atomic mass is 16.5. The number of carbonyl (C=O) groups excluding carboxylic acids is 1. The van der Waals surface area contributed by atoms with Crippen molar-refractivity contribution < 1.29 is 9.53 Å². The topological polar surface area (TPSA) is 159 Å². The number of nitrogens with zero attached hydrogens (tertiary/aromatic N) is 5. The molecule has 0 bridgehead atoms. The SMILES string of the molecule is CCCCO[C@H]1CCC[C@@H](Nc2ncc(C(N)=O)c(Nc3cccc(-n4nccn4)c3)n2)[C@H]1N. The minimum Gasteiger partial charge on any atom is -0.377 e. The van der Waals surface area contributed by atoms with E-state index in [2.05, 4.69) is 37.7 Å². The van der Waals surface area contributed by atoms with E-state index in [9.17, 15) is 4.79 Å². The molecule has 1 aliphatic rings. The lowest BCUT2D eigenvalue weighted by molar-refractivity contribution is 0.0103. The molecule has 11 heteroatoms. The smallest absolute Gasteiger partial charge is 0.254 e. The van der Waals surface area contributed by atoms with E-state index in [1.165, 1.54) is 11.0 Å². The third-order valence-corrected chi connectivity index (χ3v) is 5.85. The Hall–Kier alpha value is -3.57. The summed E-state index contributed by atoms with van der Waals surface area (Å²) in [6.45, 7) is 2.85. The van der Waals surface area contributed by atoms with E-state index in [0.717, 1.165) is 37.8 Å². The van der Waals surface area contributed by atoms with Crippen LogP contribution >= 0.6 is 0 Å². The maximum atomic E-state index is 12.0. The molecule has 0 aliphatic heterocycles. The second-order valence-electron chi connectivity index (χ2n) is 8.34. The number of nitrogens with two attached hydrogens (primary N) is 2. The molecule has 1 amide bonds. The lowest BCUT2D eigenvalue weighted by atomic mass is 9.88. The summed E-state index contributed by atoms with van der Waals surface area (Å²) in [6, 6.07) is 7.20. The highest BCUT2D eigenvalue weighted by Crippen LogP contribution is 2.25. The van der Waals surface area contributed by atoms with Gasteiger partial charge in [0.15, 0.2) is 0 Å². The van der Waals surface area contributed by atoms with E-state index < -0.39 is 5.91 Å². The van der Waals surface area contributed by atoms with Crippen molar-refractivity contribution in [3.63, 3.8) is 0 Å². The van der Waals surface area contributed by atoms with Crippen molar-refractivity contribution in [2.45, 2.75) is 57.2 Å². The Kier molecular flexibility index (Phi) is 7.65. The maximum Gasteiger partial charge on any atom is 0.254 e. The molecule has 6 N–H and O–H groups in total. The van der Waals surface area contributed by atoms with Crippen molar-refractivity contribution in [3.8, 4) is 5.69 Å². The molecule has 3 atom stereocenters. The lowest BCUT2D eigenvalue weighted by Gasteiger charge is -2.36. The molecule has 1 fully saturated rings. The van der Waals surface area contributed by atoms with Gasteiger partial charge in [0.1, 0.15) is 11.4 Å². The van der Waals surface area contributed by atoms with Crippen LogP contribution in [-0.2, 0) is 4.74 Å². The van der Waals surface area contributed by atoms with Gasteiger partial charge < -0.3 is 26.8 Å². The van der Waals surface area contributed by atoms with Gasteiger partial charge in [-0.2, -0.15) is 20.0 Å². The van der Waals surface area contributed by atoms with Crippen molar-refractivity contribution >= 4 is 23.4 Å². The van der Waals surface area contributed by atoms with Crippen molar-refractivity contribution in [2.24, 2.45) is 11.5 Å². The van der Waals surface area contributed by atoms with Gasteiger partial charge in [-0.1, -0.05) is 19.4 Å². The van der Waals surface area contributed by atoms with Gasteiger partial charge in [0, 0.05) is 24.5 Å². The largest absolute Gasteiger partial charge is 0.377 e. The third-order valence-electron chi connectivity index (χ3n) is 5.85. The minimum absolute atomic E-state index is 0.000988. The van der Waals surface area contributed by atoms with Crippen LogP contribution in [0.3, 0.4) is 0 Å². The predicted molar refractivity (Wildman–Crippen MR) is 129 cm³/mol. The molecule has 1 saturated carbocycles. The number of hydrogen-bond donors (Lipinski definition) is 4. The number of ether oxygens (including phenoxy) is 1. The molecule has 0 unspecified atom stereocenters. The number of nitrogens with one attached hydrogen (secondary N) is 2. The first-order chi connectivity index (χ1) is 16.5. The van der Waals surface area contributed by atoms with E-state index in [0.29, 0.717) is 24.1 Å². The molecule has 4 rings (SSSR count). The van der Waals surface area contributed by atoms with Crippen molar-refractivity contribution in [1.29, 1.82) is 0 Å². The summed E-state index contributed by atoms with van der Waals surface area (Å²) < 4.78 is 6.01. The van der Waals surface area contributed by atoms with Gasteiger partial charge in [0.2, 0.25) is 5.95 Å². The highest BCUT2D eigenvalue weighted by Gasteiger charge is 2.31. The van der Waals surface area contributed by atoms with Crippen LogP contribution in [0.15, 0.2) is 42.9 Å². The summed E-state index contributed by atoms with van der Waals surface area (Å²) in [5.41, 5.74) is 13.7. The molecule has 0 saturated heterocycles. The van der Waals surface area contributed by atoms with E-state index in [-0.39, 0.29) is 23.8 Å². The average Bonchev–Trinajstić information content (AvgIpc) is 3.37. The normalized spacial score (nSPS) is 20.1. The number of carbonyl (C=O) groups is 1. The number of aromatic nitrogens is 5.